The van der Waals surface area contributed by atoms with Crippen molar-refractivity contribution in [3.05, 3.63) is 36.4 Å². The summed E-state index contributed by atoms with van der Waals surface area (Å²) in [6, 6.07) is 0. The monoisotopic (exact) mass is 205 g/mol. The van der Waals surface area contributed by atoms with Gasteiger partial charge >= 0.3 is 0 Å². The maximum absolute atomic E-state index is 4.15. The number of aromatic nitrogens is 4. The molecule has 80 valence electrons. The SMILES string of the molecule is c1c[nH]c(CCNCCc2ncc[nH]2)n1. The molecule has 0 radical (unpaired) electrons. The summed E-state index contributed by atoms with van der Waals surface area (Å²) in [6.45, 7) is 1.88. The van der Waals surface area contributed by atoms with Crippen LogP contribution in [0.25, 0.3) is 0 Å². The van der Waals surface area contributed by atoms with Crippen LogP contribution >= 0.6 is 0 Å². The van der Waals surface area contributed by atoms with Crippen LogP contribution in [0.3, 0.4) is 0 Å². The summed E-state index contributed by atoms with van der Waals surface area (Å²) in [5.41, 5.74) is 0. The number of H-pyrrole nitrogens is 2. The Morgan fingerprint density at radius 1 is 0.933 bits per heavy atom. The Labute approximate surface area is 88.4 Å². The molecule has 0 spiro atoms. The van der Waals surface area contributed by atoms with E-state index in [9.17, 15) is 0 Å². The molecule has 15 heavy (non-hydrogen) atoms. The highest BCUT2D eigenvalue weighted by Gasteiger charge is 1.95. The van der Waals surface area contributed by atoms with Crippen molar-refractivity contribution < 1.29 is 0 Å². The maximum Gasteiger partial charge on any atom is 0.107 e. The number of imidazole rings is 2. The maximum atomic E-state index is 4.15. The second-order valence-corrected chi connectivity index (χ2v) is 3.32. The second-order valence-electron chi connectivity index (χ2n) is 3.32. The molecule has 0 saturated carbocycles. The topological polar surface area (TPSA) is 69.4 Å². The van der Waals surface area contributed by atoms with Crippen molar-refractivity contribution in [1.29, 1.82) is 0 Å². The lowest BCUT2D eigenvalue weighted by Crippen LogP contribution is -2.20. The molecule has 0 saturated heterocycles. The van der Waals surface area contributed by atoms with Crippen molar-refractivity contribution in [3.63, 3.8) is 0 Å². The number of rotatable bonds is 6. The fourth-order valence-corrected chi connectivity index (χ4v) is 1.41. The van der Waals surface area contributed by atoms with Crippen LogP contribution in [0, 0.1) is 0 Å². The Balaban J connectivity index is 1.56. The van der Waals surface area contributed by atoms with E-state index in [2.05, 4.69) is 25.3 Å². The van der Waals surface area contributed by atoms with Gasteiger partial charge in [-0.25, -0.2) is 9.97 Å². The van der Waals surface area contributed by atoms with Gasteiger partial charge in [-0.2, -0.15) is 0 Å². The van der Waals surface area contributed by atoms with Crippen molar-refractivity contribution in [2.75, 3.05) is 13.1 Å². The molecule has 3 N–H and O–H groups in total. The van der Waals surface area contributed by atoms with Gasteiger partial charge in [0.05, 0.1) is 0 Å². The first-order chi connectivity index (χ1) is 7.45. The summed E-state index contributed by atoms with van der Waals surface area (Å²) < 4.78 is 0. The van der Waals surface area contributed by atoms with Crippen molar-refractivity contribution in [2.45, 2.75) is 12.8 Å². The van der Waals surface area contributed by atoms with E-state index in [0.29, 0.717) is 0 Å². The van der Waals surface area contributed by atoms with E-state index in [4.69, 9.17) is 0 Å². The fraction of sp³-hybridized carbons (Fsp3) is 0.400. The smallest absolute Gasteiger partial charge is 0.107 e. The molecule has 5 heteroatoms. The molecule has 2 aromatic heterocycles. The van der Waals surface area contributed by atoms with Crippen LogP contribution < -0.4 is 5.32 Å². The van der Waals surface area contributed by atoms with Crippen LogP contribution in [0.2, 0.25) is 0 Å². The highest BCUT2D eigenvalue weighted by atomic mass is 14.9. The lowest BCUT2D eigenvalue weighted by Gasteiger charge is -2.01. The Bertz CT molecular complexity index is 315. The van der Waals surface area contributed by atoms with Gasteiger partial charge in [-0.1, -0.05) is 0 Å². The second kappa shape index (κ2) is 5.31. The van der Waals surface area contributed by atoms with Gasteiger partial charge in [0, 0.05) is 50.7 Å². The third-order valence-electron chi connectivity index (χ3n) is 2.19. The van der Waals surface area contributed by atoms with E-state index < -0.39 is 0 Å². The van der Waals surface area contributed by atoms with E-state index in [0.717, 1.165) is 37.6 Å². The van der Waals surface area contributed by atoms with Gasteiger partial charge in [-0.05, 0) is 0 Å². The molecule has 0 aliphatic carbocycles. The van der Waals surface area contributed by atoms with Crippen LogP contribution in [0.15, 0.2) is 24.8 Å². The first kappa shape index (κ1) is 9.92. The van der Waals surface area contributed by atoms with Gasteiger partial charge in [0.2, 0.25) is 0 Å². The largest absolute Gasteiger partial charge is 0.349 e. The van der Waals surface area contributed by atoms with Gasteiger partial charge in [-0.15, -0.1) is 0 Å². The third kappa shape index (κ3) is 3.21. The molecule has 0 fully saturated rings. The number of nitrogens with one attached hydrogen (secondary N) is 3. The number of hydrogen-bond acceptors (Lipinski definition) is 3. The van der Waals surface area contributed by atoms with E-state index in [1.165, 1.54) is 0 Å². The van der Waals surface area contributed by atoms with Crippen LogP contribution in [0.1, 0.15) is 11.6 Å². The zero-order valence-electron chi connectivity index (χ0n) is 8.53. The lowest BCUT2D eigenvalue weighted by atomic mass is 10.3. The van der Waals surface area contributed by atoms with Gasteiger partial charge in [0.25, 0.3) is 0 Å². The normalized spacial score (nSPS) is 10.7. The predicted octanol–water partition coefficient (Wildman–Crippen LogP) is 0.508. The Morgan fingerprint density at radius 2 is 1.47 bits per heavy atom. The molecule has 0 amide bonds. The Kier molecular flexibility index (Phi) is 3.51. The van der Waals surface area contributed by atoms with Crippen LogP contribution in [0.4, 0.5) is 0 Å². The molecule has 2 heterocycles. The quantitative estimate of drug-likeness (QED) is 0.602. The standard InChI is InChI=1S/C10H15N5/c1(9-12-5-6-13-9)3-11-4-2-10-14-7-8-15-10/h5-8,11H,1-4H2,(H,12,13)(H,14,15). The summed E-state index contributed by atoms with van der Waals surface area (Å²) in [5, 5.41) is 3.34. The Morgan fingerprint density at radius 3 is 1.87 bits per heavy atom. The molecule has 0 aromatic carbocycles. The molecule has 0 atom stereocenters. The van der Waals surface area contributed by atoms with E-state index >= 15 is 0 Å². The third-order valence-corrected chi connectivity index (χ3v) is 2.19. The molecule has 2 aromatic rings. The average Bonchev–Trinajstić information content (AvgIpc) is 2.88. The van der Waals surface area contributed by atoms with Crippen LogP contribution in [0.5, 0.6) is 0 Å². The summed E-state index contributed by atoms with van der Waals surface area (Å²) in [6.07, 6.45) is 9.11. The zero-order valence-corrected chi connectivity index (χ0v) is 8.53. The van der Waals surface area contributed by atoms with Crippen molar-refractivity contribution in [1.82, 2.24) is 25.3 Å². The molecule has 0 aliphatic rings. The molecular weight excluding hydrogens is 190 g/mol. The zero-order chi connectivity index (χ0) is 10.3. The van der Waals surface area contributed by atoms with Gasteiger partial charge < -0.3 is 15.3 Å². The summed E-state index contributed by atoms with van der Waals surface area (Å²) in [4.78, 5) is 14.4. The molecular formula is C10H15N5. The van der Waals surface area contributed by atoms with Gasteiger partial charge in [0.1, 0.15) is 11.6 Å². The summed E-state index contributed by atoms with van der Waals surface area (Å²) >= 11 is 0. The van der Waals surface area contributed by atoms with Crippen molar-refractivity contribution >= 4 is 0 Å². The van der Waals surface area contributed by atoms with Crippen molar-refractivity contribution in [2.24, 2.45) is 0 Å². The highest BCUT2D eigenvalue weighted by Crippen LogP contribution is 1.90. The average molecular weight is 205 g/mol. The minimum Gasteiger partial charge on any atom is -0.349 e. The first-order valence-corrected chi connectivity index (χ1v) is 5.12. The van der Waals surface area contributed by atoms with E-state index in [1.54, 1.807) is 12.4 Å². The van der Waals surface area contributed by atoms with E-state index in [-0.39, 0.29) is 0 Å². The molecule has 0 aliphatic heterocycles. The fourth-order valence-electron chi connectivity index (χ4n) is 1.41. The van der Waals surface area contributed by atoms with Crippen LogP contribution in [-0.4, -0.2) is 33.0 Å². The molecule has 2 rings (SSSR count). The highest BCUT2D eigenvalue weighted by molar-refractivity contribution is 4.89. The van der Waals surface area contributed by atoms with E-state index in [1.807, 2.05) is 12.4 Å². The van der Waals surface area contributed by atoms with Gasteiger partial charge in [0.15, 0.2) is 0 Å². The number of nitrogens with zero attached hydrogens (tertiary/aromatic N) is 2. The number of aromatic amines is 2. The lowest BCUT2D eigenvalue weighted by molar-refractivity contribution is 0.660. The Hall–Kier alpha value is -1.62. The molecule has 5 nitrogen and oxygen atoms in total. The minimum absolute atomic E-state index is 0.936. The molecule has 0 unspecified atom stereocenters. The molecule has 0 bridgehead atoms. The minimum atomic E-state index is 0.936. The van der Waals surface area contributed by atoms with Crippen molar-refractivity contribution in [3.8, 4) is 0 Å². The van der Waals surface area contributed by atoms with Crippen LogP contribution in [-0.2, 0) is 12.8 Å². The summed E-state index contributed by atoms with van der Waals surface area (Å²) in [7, 11) is 0. The predicted molar refractivity (Wildman–Crippen MR) is 57.5 cm³/mol. The van der Waals surface area contributed by atoms with Gasteiger partial charge in [-0.3, -0.25) is 0 Å². The first-order valence-electron chi connectivity index (χ1n) is 5.12. The number of hydrogen-bond donors (Lipinski definition) is 3. The summed E-state index contributed by atoms with van der Waals surface area (Å²) in [5.74, 6) is 2.06.